The van der Waals surface area contributed by atoms with Gasteiger partial charge < -0.3 is 20.5 Å². The number of urea groups is 1. The van der Waals surface area contributed by atoms with Crippen LogP contribution < -0.4 is 15.4 Å². The second kappa shape index (κ2) is 9.41. The molecule has 2 amide bonds. The maximum Gasteiger partial charge on any atom is 0.315 e. The fourth-order valence-corrected chi connectivity index (χ4v) is 2.44. The first-order valence-electron chi connectivity index (χ1n) is 8.12. The van der Waals surface area contributed by atoms with Gasteiger partial charge >= 0.3 is 12.0 Å². The minimum absolute atomic E-state index is 0.0348. The minimum atomic E-state index is -0.983. The van der Waals surface area contributed by atoms with Crippen molar-refractivity contribution >= 4 is 12.0 Å². The molecule has 1 unspecified atom stereocenters. The van der Waals surface area contributed by atoms with Crippen molar-refractivity contribution in [3.05, 3.63) is 65.5 Å². The van der Waals surface area contributed by atoms with E-state index >= 15 is 0 Å². The molecule has 1 atom stereocenters. The third kappa shape index (κ3) is 6.08. The number of hydrogen-bond acceptors (Lipinski definition) is 3. The molecule has 0 aromatic heterocycles. The second-order valence-corrected chi connectivity index (χ2v) is 5.70. The summed E-state index contributed by atoms with van der Waals surface area (Å²) >= 11 is 0. The van der Waals surface area contributed by atoms with Gasteiger partial charge in [0.05, 0.1) is 19.6 Å². The molecule has 0 saturated carbocycles. The molecule has 2 aromatic rings. The first-order chi connectivity index (χ1) is 12.5. The zero-order chi connectivity index (χ0) is 18.9. The highest BCUT2D eigenvalue weighted by atomic mass is 19.1. The van der Waals surface area contributed by atoms with Gasteiger partial charge in [-0.1, -0.05) is 24.3 Å². The molecule has 0 heterocycles. The van der Waals surface area contributed by atoms with Crippen LogP contribution in [0.4, 0.5) is 9.18 Å². The van der Waals surface area contributed by atoms with Crippen LogP contribution in [0.25, 0.3) is 0 Å². The predicted octanol–water partition coefficient (Wildman–Crippen LogP) is 2.89. The van der Waals surface area contributed by atoms with E-state index in [0.29, 0.717) is 12.2 Å². The summed E-state index contributed by atoms with van der Waals surface area (Å²) < 4.78 is 18.2. The van der Waals surface area contributed by atoms with E-state index in [1.54, 1.807) is 31.4 Å². The van der Waals surface area contributed by atoms with Gasteiger partial charge in [-0.3, -0.25) is 4.79 Å². The molecular weight excluding hydrogens is 339 g/mol. The van der Waals surface area contributed by atoms with Crippen LogP contribution in [-0.4, -0.2) is 30.8 Å². The van der Waals surface area contributed by atoms with Crippen LogP contribution in [0.15, 0.2) is 48.5 Å². The van der Waals surface area contributed by atoms with Crippen molar-refractivity contribution < 1.29 is 23.8 Å². The Morgan fingerprint density at radius 1 is 1.12 bits per heavy atom. The largest absolute Gasteiger partial charge is 0.497 e. The van der Waals surface area contributed by atoms with Crippen molar-refractivity contribution in [2.45, 2.75) is 18.9 Å². The van der Waals surface area contributed by atoms with E-state index in [2.05, 4.69) is 10.6 Å². The maximum absolute atomic E-state index is 13.1. The Hall–Kier alpha value is -3.09. The van der Waals surface area contributed by atoms with E-state index < -0.39 is 12.0 Å². The summed E-state index contributed by atoms with van der Waals surface area (Å²) in [5.74, 6) is -0.613. The zero-order valence-electron chi connectivity index (χ0n) is 14.4. The van der Waals surface area contributed by atoms with Crippen LogP contribution in [0.2, 0.25) is 0 Å². The Morgan fingerprint density at radius 3 is 2.35 bits per heavy atom. The number of methoxy groups -OCH3 is 1. The van der Waals surface area contributed by atoms with Crippen molar-refractivity contribution in [1.29, 1.82) is 0 Å². The lowest BCUT2D eigenvalue weighted by Crippen LogP contribution is -2.39. The lowest BCUT2D eigenvalue weighted by Gasteiger charge is -2.20. The van der Waals surface area contributed by atoms with Crippen LogP contribution in [0.1, 0.15) is 23.6 Å². The molecule has 0 fully saturated rings. The van der Waals surface area contributed by atoms with Gasteiger partial charge in [-0.25, -0.2) is 9.18 Å². The summed E-state index contributed by atoms with van der Waals surface area (Å²) in [7, 11) is 1.57. The normalized spacial score (nSPS) is 11.5. The van der Waals surface area contributed by atoms with Gasteiger partial charge in [0.25, 0.3) is 0 Å². The number of carboxylic acid groups (broad SMARTS) is 1. The van der Waals surface area contributed by atoms with Gasteiger partial charge in [-0.05, 0) is 41.8 Å². The Bertz CT molecular complexity index is 732. The predicted molar refractivity (Wildman–Crippen MR) is 94.6 cm³/mol. The van der Waals surface area contributed by atoms with Gasteiger partial charge in [0, 0.05) is 6.54 Å². The molecule has 0 bridgehead atoms. The quantitative estimate of drug-likeness (QED) is 0.675. The minimum Gasteiger partial charge on any atom is -0.497 e. The molecule has 0 aliphatic carbocycles. The number of nitrogens with one attached hydrogen (secondary N) is 2. The fraction of sp³-hybridized carbons (Fsp3) is 0.263. The average Bonchev–Trinajstić information content (AvgIpc) is 2.63. The zero-order valence-corrected chi connectivity index (χ0v) is 14.4. The average molecular weight is 360 g/mol. The molecule has 26 heavy (non-hydrogen) atoms. The number of hydrogen-bond donors (Lipinski definition) is 3. The lowest BCUT2D eigenvalue weighted by molar-refractivity contribution is -0.136. The number of ether oxygens (including phenoxy) is 1. The van der Waals surface area contributed by atoms with E-state index in [-0.39, 0.29) is 24.8 Å². The van der Waals surface area contributed by atoms with Gasteiger partial charge in [0.1, 0.15) is 11.6 Å². The SMILES string of the molecule is COc1ccc(C(Cc2ccc(F)cc2)NC(=O)NCCC(=O)O)cc1. The second-order valence-electron chi connectivity index (χ2n) is 5.70. The third-order valence-electron chi connectivity index (χ3n) is 3.80. The summed E-state index contributed by atoms with van der Waals surface area (Å²) in [5, 5.41) is 14.0. The van der Waals surface area contributed by atoms with Crippen molar-refractivity contribution in [3.63, 3.8) is 0 Å². The van der Waals surface area contributed by atoms with Crippen molar-refractivity contribution in [2.24, 2.45) is 0 Å². The fourth-order valence-electron chi connectivity index (χ4n) is 2.44. The summed E-state index contributed by atoms with van der Waals surface area (Å²) in [6.07, 6.45) is 0.303. The molecule has 6 nitrogen and oxygen atoms in total. The molecular formula is C19H21FN2O4. The Morgan fingerprint density at radius 2 is 1.77 bits per heavy atom. The molecule has 0 radical (unpaired) electrons. The third-order valence-corrected chi connectivity index (χ3v) is 3.80. The summed E-state index contributed by atoms with van der Waals surface area (Å²) in [6, 6.07) is 12.5. The van der Waals surface area contributed by atoms with Crippen molar-refractivity contribution in [3.8, 4) is 5.75 Å². The number of benzene rings is 2. The summed E-state index contributed by atoms with van der Waals surface area (Å²) in [5.41, 5.74) is 1.71. The summed E-state index contributed by atoms with van der Waals surface area (Å²) in [4.78, 5) is 22.6. The van der Waals surface area contributed by atoms with E-state index in [1.165, 1.54) is 12.1 Å². The highest BCUT2D eigenvalue weighted by molar-refractivity contribution is 5.75. The Balaban J connectivity index is 2.10. The van der Waals surface area contributed by atoms with Crippen molar-refractivity contribution in [1.82, 2.24) is 10.6 Å². The van der Waals surface area contributed by atoms with Crippen molar-refractivity contribution in [2.75, 3.05) is 13.7 Å². The molecule has 0 aliphatic heterocycles. The molecule has 2 rings (SSSR count). The molecule has 138 valence electrons. The standard InChI is InChI=1S/C19H21FN2O4/c1-26-16-8-4-14(5-9-16)17(12-13-2-6-15(20)7-3-13)22-19(25)21-11-10-18(23)24/h2-9,17H,10-12H2,1H3,(H,23,24)(H2,21,22,25). The van der Waals surface area contributed by atoms with Gasteiger partial charge in [0.15, 0.2) is 0 Å². The molecule has 0 aliphatic rings. The number of carbonyl (C=O) groups excluding carboxylic acids is 1. The highest BCUT2D eigenvalue weighted by Gasteiger charge is 2.16. The first-order valence-corrected chi connectivity index (χ1v) is 8.12. The molecule has 0 saturated heterocycles. The van der Waals surface area contributed by atoms with Gasteiger partial charge in [-0.2, -0.15) is 0 Å². The van der Waals surface area contributed by atoms with Crippen LogP contribution in [0.5, 0.6) is 5.75 Å². The Labute approximate surface area is 151 Å². The number of amides is 2. The van der Waals surface area contributed by atoms with Crippen LogP contribution in [-0.2, 0) is 11.2 Å². The topological polar surface area (TPSA) is 87.7 Å². The number of rotatable bonds is 8. The van der Waals surface area contributed by atoms with E-state index in [1.807, 2.05) is 12.1 Å². The monoisotopic (exact) mass is 360 g/mol. The lowest BCUT2D eigenvalue weighted by atomic mass is 9.99. The van der Waals surface area contributed by atoms with Gasteiger partial charge in [0.2, 0.25) is 0 Å². The number of halogens is 1. The smallest absolute Gasteiger partial charge is 0.315 e. The number of carboxylic acids is 1. The van der Waals surface area contributed by atoms with Crippen LogP contribution >= 0.6 is 0 Å². The molecule has 0 spiro atoms. The van der Waals surface area contributed by atoms with Gasteiger partial charge in [-0.15, -0.1) is 0 Å². The maximum atomic E-state index is 13.1. The number of aliphatic carboxylic acids is 1. The molecule has 3 N–H and O–H groups in total. The number of carbonyl (C=O) groups is 2. The van der Waals surface area contributed by atoms with Crippen LogP contribution in [0.3, 0.4) is 0 Å². The van der Waals surface area contributed by atoms with Crippen LogP contribution in [0, 0.1) is 5.82 Å². The molecule has 2 aromatic carbocycles. The van der Waals surface area contributed by atoms with E-state index in [4.69, 9.17) is 9.84 Å². The van der Waals surface area contributed by atoms with E-state index in [9.17, 15) is 14.0 Å². The van der Waals surface area contributed by atoms with E-state index in [0.717, 1.165) is 11.1 Å². The highest BCUT2D eigenvalue weighted by Crippen LogP contribution is 2.21. The first kappa shape index (κ1) is 19.2. The summed E-state index contributed by atoms with van der Waals surface area (Å²) in [6.45, 7) is 0.0348. The Kier molecular flexibility index (Phi) is 6.96. The molecule has 7 heteroatoms.